The Morgan fingerprint density at radius 1 is 0.815 bits per heavy atom. The minimum Gasteiger partial charge on any atom is -0.459 e. The van der Waals surface area contributed by atoms with Gasteiger partial charge in [0.1, 0.15) is 12.7 Å². The van der Waals surface area contributed by atoms with E-state index < -0.39 is 0 Å². The largest absolute Gasteiger partial charge is 0.459 e. The molecule has 1 aromatic carbocycles. The van der Waals surface area contributed by atoms with Crippen molar-refractivity contribution in [3.05, 3.63) is 35.9 Å². The molecule has 27 heavy (non-hydrogen) atoms. The number of carbonyl (C=O) groups is 1. The number of esters is 1. The van der Waals surface area contributed by atoms with Gasteiger partial charge in [0, 0.05) is 13.7 Å². The van der Waals surface area contributed by atoms with Gasteiger partial charge in [-0.2, -0.15) is 0 Å². The van der Waals surface area contributed by atoms with Crippen LogP contribution in [0.3, 0.4) is 0 Å². The van der Waals surface area contributed by atoms with Crippen LogP contribution in [0.15, 0.2) is 30.3 Å². The Balaban J connectivity index is 1.96. The highest BCUT2D eigenvalue weighted by Crippen LogP contribution is 2.03. The van der Waals surface area contributed by atoms with E-state index in [2.05, 4.69) is 6.92 Å². The first-order chi connectivity index (χ1) is 13.3. The van der Waals surface area contributed by atoms with E-state index in [1.165, 1.54) is 0 Å². The zero-order valence-corrected chi connectivity index (χ0v) is 16.4. The van der Waals surface area contributed by atoms with E-state index in [0.717, 1.165) is 13.0 Å². The Kier molecular flexibility index (Phi) is 14.5. The summed E-state index contributed by atoms with van der Waals surface area (Å²) in [5, 5.41) is 0. The normalized spacial score (nSPS) is 12.1. The van der Waals surface area contributed by atoms with Gasteiger partial charge in [0.05, 0.1) is 51.8 Å². The molecular formula is C20H32O7. The molecule has 0 bridgehead atoms. The van der Waals surface area contributed by atoms with Crippen LogP contribution in [0.4, 0.5) is 0 Å². The van der Waals surface area contributed by atoms with Crippen LogP contribution >= 0.6 is 0 Å². The number of benzene rings is 1. The first-order valence-corrected chi connectivity index (χ1v) is 9.33. The topological polar surface area (TPSA) is 72.5 Å². The average Bonchev–Trinajstić information content (AvgIpc) is 2.71. The number of ether oxygens (including phenoxy) is 6. The molecule has 0 N–H and O–H groups in total. The van der Waals surface area contributed by atoms with Gasteiger partial charge in [-0.15, -0.1) is 0 Å². The number of methoxy groups -OCH3 is 1. The number of hydrogen-bond donors (Lipinski definition) is 0. The molecule has 0 radical (unpaired) electrons. The van der Waals surface area contributed by atoms with Crippen molar-refractivity contribution in [2.24, 2.45) is 0 Å². The highest BCUT2D eigenvalue weighted by Gasteiger charge is 2.12. The number of rotatable bonds is 17. The highest BCUT2D eigenvalue weighted by molar-refractivity contribution is 5.89. The molecule has 1 rings (SSSR count). The second-order valence-corrected chi connectivity index (χ2v) is 5.73. The summed E-state index contributed by atoms with van der Waals surface area (Å²) in [6.45, 7) is 6.45. The van der Waals surface area contributed by atoms with Gasteiger partial charge in [-0.1, -0.05) is 25.1 Å². The van der Waals surface area contributed by atoms with E-state index in [0.29, 0.717) is 51.8 Å². The quantitative estimate of drug-likeness (QED) is 0.301. The molecule has 0 saturated carbocycles. The fraction of sp³-hybridized carbons (Fsp3) is 0.650. The van der Waals surface area contributed by atoms with Crippen molar-refractivity contribution in [1.29, 1.82) is 0 Å². The first-order valence-electron chi connectivity index (χ1n) is 9.33. The van der Waals surface area contributed by atoms with Gasteiger partial charge in [0.2, 0.25) is 0 Å². The molecule has 7 nitrogen and oxygen atoms in total. The molecule has 154 valence electrons. The van der Waals surface area contributed by atoms with Crippen molar-refractivity contribution in [2.75, 3.05) is 66.6 Å². The maximum Gasteiger partial charge on any atom is 0.338 e. The fourth-order valence-corrected chi connectivity index (χ4v) is 2.03. The van der Waals surface area contributed by atoms with Crippen molar-refractivity contribution in [1.82, 2.24) is 0 Å². The minimum absolute atomic E-state index is 0.138. The van der Waals surface area contributed by atoms with E-state index in [-0.39, 0.29) is 18.7 Å². The van der Waals surface area contributed by atoms with Gasteiger partial charge < -0.3 is 28.4 Å². The second-order valence-electron chi connectivity index (χ2n) is 5.73. The number of carbonyl (C=O) groups excluding carboxylic acids is 1. The van der Waals surface area contributed by atoms with Crippen LogP contribution in [-0.2, 0) is 28.4 Å². The first kappa shape index (κ1) is 23.5. The Labute approximate surface area is 161 Å². The average molecular weight is 384 g/mol. The van der Waals surface area contributed by atoms with E-state index in [4.69, 9.17) is 28.4 Å². The molecular weight excluding hydrogens is 352 g/mol. The van der Waals surface area contributed by atoms with Crippen LogP contribution < -0.4 is 0 Å². The van der Waals surface area contributed by atoms with Crippen molar-refractivity contribution in [3.8, 4) is 0 Å². The summed E-state index contributed by atoms with van der Waals surface area (Å²) in [6, 6.07) is 8.84. The SMILES string of the molecule is CCCOCCOCCOCCOCC(COC(=O)c1ccccc1)OC. The van der Waals surface area contributed by atoms with Crippen LogP contribution in [0, 0.1) is 0 Å². The van der Waals surface area contributed by atoms with E-state index >= 15 is 0 Å². The number of hydrogen-bond acceptors (Lipinski definition) is 7. The summed E-state index contributed by atoms with van der Waals surface area (Å²) in [4.78, 5) is 11.9. The fourth-order valence-electron chi connectivity index (χ4n) is 2.03. The molecule has 0 saturated heterocycles. The van der Waals surface area contributed by atoms with Crippen LogP contribution in [0.25, 0.3) is 0 Å². The summed E-state index contributed by atoms with van der Waals surface area (Å²) < 4.78 is 32.1. The summed E-state index contributed by atoms with van der Waals surface area (Å²) in [5.41, 5.74) is 0.515. The molecule has 1 aromatic rings. The zero-order valence-electron chi connectivity index (χ0n) is 16.4. The lowest BCUT2D eigenvalue weighted by molar-refractivity contribution is -0.0459. The molecule has 0 fully saturated rings. The molecule has 1 unspecified atom stereocenters. The molecule has 0 aliphatic heterocycles. The van der Waals surface area contributed by atoms with Crippen LogP contribution in [0.5, 0.6) is 0 Å². The van der Waals surface area contributed by atoms with Crippen LogP contribution in [0.2, 0.25) is 0 Å². The van der Waals surface area contributed by atoms with E-state index in [1.54, 1.807) is 31.4 Å². The summed E-state index contributed by atoms with van der Waals surface area (Å²) >= 11 is 0. The Morgan fingerprint density at radius 3 is 1.93 bits per heavy atom. The Morgan fingerprint density at radius 2 is 1.37 bits per heavy atom. The Hall–Kier alpha value is -1.51. The Bertz CT molecular complexity index is 467. The van der Waals surface area contributed by atoms with Gasteiger partial charge in [0.25, 0.3) is 0 Å². The highest BCUT2D eigenvalue weighted by atomic mass is 16.6. The van der Waals surface area contributed by atoms with Gasteiger partial charge in [-0.05, 0) is 18.6 Å². The summed E-state index contributed by atoms with van der Waals surface area (Å²) in [6.07, 6.45) is 0.701. The smallest absolute Gasteiger partial charge is 0.338 e. The van der Waals surface area contributed by atoms with Gasteiger partial charge in [-0.3, -0.25) is 0 Å². The molecule has 7 heteroatoms. The van der Waals surface area contributed by atoms with Gasteiger partial charge in [-0.25, -0.2) is 4.79 Å². The summed E-state index contributed by atoms with van der Waals surface area (Å²) in [7, 11) is 1.56. The van der Waals surface area contributed by atoms with E-state index in [1.807, 2.05) is 6.07 Å². The maximum atomic E-state index is 11.9. The lowest BCUT2D eigenvalue weighted by Crippen LogP contribution is -2.27. The minimum atomic E-state index is -0.374. The lowest BCUT2D eigenvalue weighted by atomic mass is 10.2. The van der Waals surface area contributed by atoms with E-state index in [9.17, 15) is 4.79 Å². The predicted molar refractivity (Wildman–Crippen MR) is 101 cm³/mol. The third-order valence-corrected chi connectivity index (χ3v) is 3.51. The van der Waals surface area contributed by atoms with Crippen molar-refractivity contribution >= 4 is 5.97 Å². The zero-order chi connectivity index (χ0) is 19.6. The molecule has 0 aliphatic carbocycles. The van der Waals surface area contributed by atoms with Crippen molar-refractivity contribution in [2.45, 2.75) is 19.4 Å². The molecule has 0 aliphatic rings. The predicted octanol–water partition coefficient (Wildman–Crippen LogP) is 2.33. The third kappa shape index (κ3) is 12.5. The van der Waals surface area contributed by atoms with Crippen molar-refractivity contribution in [3.63, 3.8) is 0 Å². The molecule has 0 spiro atoms. The third-order valence-electron chi connectivity index (χ3n) is 3.51. The summed E-state index contributed by atoms with van der Waals surface area (Å²) in [5.74, 6) is -0.374. The monoisotopic (exact) mass is 384 g/mol. The molecule has 0 amide bonds. The molecule has 1 atom stereocenters. The van der Waals surface area contributed by atoms with Crippen molar-refractivity contribution < 1.29 is 33.2 Å². The second kappa shape index (κ2) is 16.6. The maximum absolute atomic E-state index is 11.9. The van der Waals surface area contributed by atoms with Crippen LogP contribution in [0.1, 0.15) is 23.7 Å². The molecule has 0 aromatic heterocycles. The molecule has 0 heterocycles. The standard InChI is InChI=1S/C20H32O7/c1-3-9-23-10-11-24-12-13-25-14-15-26-16-19(22-2)17-27-20(21)18-7-5-4-6-8-18/h4-8,19H,3,9-17H2,1-2H3. The van der Waals surface area contributed by atoms with Crippen LogP contribution in [-0.4, -0.2) is 78.6 Å². The van der Waals surface area contributed by atoms with Gasteiger partial charge >= 0.3 is 5.97 Å². The lowest BCUT2D eigenvalue weighted by Gasteiger charge is -2.16. The van der Waals surface area contributed by atoms with Gasteiger partial charge in [0.15, 0.2) is 0 Å².